The molecule has 0 aliphatic carbocycles. The van der Waals surface area contributed by atoms with Crippen molar-refractivity contribution in [2.45, 2.75) is 11.6 Å². The molecule has 2 aromatic heterocycles. The van der Waals surface area contributed by atoms with Gasteiger partial charge < -0.3 is 4.90 Å². The molecule has 0 unspecified atom stereocenters. The van der Waals surface area contributed by atoms with Crippen LogP contribution in [0.4, 0.5) is 0 Å². The number of amides is 1. The molecule has 0 saturated heterocycles. The minimum atomic E-state index is -0.292. The van der Waals surface area contributed by atoms with Crippen LogP contribution >= 0.6 is 11.8 Å². The van der Waals surface area contributed by atoms with Crippen LogP contribution in [0.25, 0.3) is 16.9 Å². The Morgan fingerprint density at radius 3 is 2.96 bits per heavy atom. The molecule has 0 aliphatic heterocycles. The van der Waals surface area contributed by atoms with E-state index in [9.17, 15) is 9.59 Å². The number of H-pyrrole nitrogens is 1. The largest absolute Gasteiger partial charge is 0.344 e. The van der Waals surface area contributed by atoms with Gasteiger partial charge in [-0.2, -0.15) is 15.3 Å². The molecular formula is C16H15N7O2S. The van der Waals surface area contributed by atoms with Gasteiger partial charge in [0.15, 0.2) is 5.16 Å². The molecule has 0 spiro atoms. The SMILES string of the molecule is CN(CCC#N)C(=O)CSc1nc2ccccc2c(=O)n1-c1ncn[nH]1. The molecule has 1 amide bonds. The molecule has 26 heavy (non-hydrogen) atoms. The number of thioether (sulfide) groups is 1. The van der Waals surface area contributed by atoms with Gasteiger partial charge in [-0.15, -0.1) is 0 Å². The zero-order valence-electron chi connectivity index (χ0n) is 13.9. The zero-order chi connectivity index (χ0) is 18.5. The maximum absolute atomic E-state index is 12.9. The molecule has 0 radical (unpaired) electrons. The smallest absolute Gasteiger partial charge is 0.269 e. The lowest BCUT2D eigenvalue weighted by molar-refractivity contribution is -0.127. The van der Waals surface area contributed by atoms with E-state index >= 15 is 0 Å². The third-order valence-corrected chi connectivity index (χ3v) is 4.59. The number of fused-ring (bicyclic) bond motifs is 1. The number of nitrogens with zero attached hydrogens (tertiary/aromatic N) is 6. The van der Waals surface area contributed by atoms with Crippen molar-refractivity contribution in [2.24, 2.45) is 0 Å². The van der Waals surface area contributed by atoms with Gasteiger partial charge in [0.1, 0.15) is 6.33 Å². The highest BCUT2D eigenvalue weighted by Gasteiger charge is 2.17. The zero-order valence-corrected chi connectivity index (χ0v) is 14.7. The summed E-state index contributed by atoms with van der Waals surface area (Å²) < 4.78 is 1.31. The van der Waals surface area contributed by atoms with Gasteiger partial charge in [-0.25, -0.2) is 14.6 Å². The Morgan fingerprint density at radius 1 is 1.42 bits per heavy atom. The van der Waals surface area contributed by atoms with Crippen molar-refractivity contribution in [3.05, 3.63) is 40.9 Å². The molecule has 2 heterocycles. The first-order valence-corrected chi connectivity index (χ1v) is 8.71. The van der Waals surface area contributed by atoms with Crippen LogP contribution < -0.4 is 5.56 Å². The van der Waals surface area contributed by atoms with Crippen molar-refractivity contribution < 1.29 is 4.79 Å². The number of hydrogen-bond acceptors (Lipinski definition) is 7. The van der Waals surface area contributed by atoms with E-state index in [4.69, 9.17) is 5.26 Å². The number of aromatic amines is 1. The molecule has 0 saturated carbocycles. The van der Waals surface area contributed by atoms with Gasteiger partial charge in [0, 0.05) is 13.6 Å². The Balaban J connectivity index is 1.95. The summed E-state index contributed by atoms with van der Waals surface area (Å²) >= 11 is 1.13. The molecule has 3 rings (SSSR count). The van der Waals surface area contributed by atoms with E-state index in [1.54, 1.807) is 31.3 Å². The highest BCUT2D eigenvalue weighted by molar-refractivity contribution is 7.99. The average molecular weight is 369 g/mol. The molecule has 1 aromatic carbocycles. The van der Waals surface area contributed by atoms with Crippen LogP contribution in [0.15, 0.2) is 40.5 Å². The Labute approximate surface area is 152 Å². The van der Waals surface area contributed by atoms with E-state index in [2.05, 4.69) is 20.2 Å². The first-order valence-electron chi connectivity index (χ1n) is 7.73. The van der Waals surface area contributed by atoms with E-state index in [1.165, 1.54) is 15.8 Å². The van der Waals surface area contributed by atoms with Crippen molar-refractivity contribution in [1.82, 2.24) is 29.6 Å². The van der Waals surface area contributed by atoms with Gasteiger partial charge >= 0.3 is 0 Å². The number of hydrogen-bond donors (Lipinski definition) is 1. The molecule has 0 fully saturated rings. The van der Waals surface area contributed by atoms with Gasteiger partial charge in [0.25, 0.3) is 5.56 Å². The highest BCUT2D eigenvalue weighted by atomic mass is 32.2. The molecule has 1 N–H and O–H groups in total. The van der Waals surface area contributed by atoms with Crippen LogP contribution in [-0.2, 0) is 4.79 Å². The average Bonchev–Trinajstić information content (AvgIpc) is 3.18. The lowest BCUT2D eigenvalue weighted by atomic mass is 10.2. The van der Waals surface area contributed by atoms with Crippen molar-refractivity contribution in [3.63, 3.8) is 0 Å². The fraction of sp³-hybridized carbons (Fsp3) is 0.250. The predicted molar refractivity (Wildman–Crippen MR) is 95.9 cm³/mol. The molecule has 132 valence electrons. The van der Waals surface area contributed by atoms with E-state index in [0.717, 1.165) is 11.8 Å². The summed E-state index contributed by atoms with van der Waals surface area (Å²) in [6, 6.07) is 8.99. The van der Waals surface area contributed by atoms with Crippen LogP contribution in [0, 0.1) is 11.3 Å². The minimum Gasteiger partial charge on any atom is -0.344 e. The van der Waals surface area contributed by atoms with Crippen LogP contribution in [0.1, 0.15) is 6.42 Å². The van der Waals surface area contributed by atoms with E-state index in [-0.39, 0.29) is 29.6 Å². The first-order chi connectivity index (χ1) is 12.6. The van der Waals surface area contributed by atoms with E-state index in [0.29, 0.717) is 22.6 Å². The monoisotopic (exact) mass is 369 g/mol. The van der Waals surface area contributed by atoms with Gasteiger partial charge in [-0.3, -0.25) is 9.59 Å². The van der Waals surface area contributed by atoms with Gasteiger partial charge in [-0.05, 0) is 12.1 Å². The predicted octanol–water partition coefficient (Wildman–Crippen LogP) is 0.968. The van der Waals surface area contributed by atoms with Gasteiger partial charge in [-0.1, -0.05) is 23.9 Å². The molecule has 9 nitrogen and oxygen atoms in total. The van der Waals surface area contributed by atoms with Crippen LogP contribution in [0.5, 0.6) is 0 Å². The molecule has 3 aromatic rings. The second-order valence-corrected chi connectivity index (χ2v) is 6.32. The lowest BCUT2D eigenvalue weighted by Crippen LogP contribution is -2.30. The number of nitrogens with one attached hydrogen (secondary N) is 1. The summed E-state index contributed by atoms with van der Waals surface area (Å²) in [5.41, 5.74) is 0.251. The summed E-state index contributed by atoms with van der Waals surface area (Å²) in [5, 5.41) is 15.8. The second kappa shape index (κ2) is 7.79. The number of nitriles is 1. The first kappa shape index (κ1) is 17.6. The van der Waals surface area contributed by atoms with Crippen LogP contribution in [-0.4, -0.2) is 54.9 Å². The number of benzene rings is 1. The summed E-state index contributed by atoms with van der Waals surface area (Å²) in [6.07, 6.45) is 1.57. The van der Waals surface area contributed by atoms with Crippen LogP contribution in [0.3, 0.4) is 0 Å². The van der Waals surface area contributed by atoms with Crippen molar-refractivity contribution in [2.75, 3.05) is 19.3 Å². The second-order valence-electron chi connectivity index (χ2n) is 5.37. The fourth-order valence-corrected chi connectivity index (χ4v) is 3.22. The summed E-state index contributed by atoms with van der Waals surface area (Å²) in [7, 11) is 1.64. The van der Waals surface area contributed by atoms with E-state index in [1.807, 2.05) is 6.07 Å². The third-order valence-electron chi connectivity index (χ3n) is 3.67. The standard InChI is InChI=1S/C16H15N7O2S/c1-22(8-4-7-17)13(24)9-26-16-20-12-6-3-2-5-11(12)14(25)23(16)15-18-10-19-21-15/h2-3,5-6,10H,4,8-9H2,1H3,(H,18,19,21). The topological polar surface area (TPSA) is 121 Å². The number of carbonyl (C=O) groups excluding carboxylic acids is 1. The quantitative estimate of drug-likeness (QED) is 0.507. The Morgan fingerprint density at radius 2 is 2.23 bits per heavy atom. The summed E-state index contributed by atoms with van der Waals surface area (Å²) in [4.78, 5) is 35.1. The molecule has 10 heteroatoms. The van der Waals surface area contributed by atoms with Gasteiger partial charge in [0.2, 0.25) is 11.9 Å². The van der Waals surface area contributed by atoms with E-state index < -0.39 is 0 Å². The Hall–Kier alpha value is -3.19. The normalized spacial score (nSPS) is 10.6. The summed E-state index contributed by atoms with van der Waals surface area (Å²) in [5.74, 6) is 0.165. The lowest BCUT2D eigenvalue weighted by Gasteiger charge is -2.15. The Bertz CT molecular complexity index is 1020. The highest BCUT2D eigenvalue weighted by Crippen LogP contribution is 2.20. The van der Waals surface area contributed by atoms with Crippen molar-refractivity contribution in [3.8, 4) is 12.0 Å². The number of aromatic nitrogens is 5. The Kier molecular flexibility index (Phi) is 5.28. The fourth-order valence-electron chi connectivity index (χ4n) is 2.28. The van der Waals surface area contributed by atoms with Crippen LogP contribution in [0.2, 0.25) is 0 Å². The number of rotatable bonds is 6. The minimum absolute atomic E-state index is 0.0842. The molecule has 0 aliphatic rings. The third kappa shape index (κ3) is 3.57. The molecular weight excluding hydrogens is 354 g/mol. The van der Waals surface area contributed by atoms with Crippen molar-refractivity contribution in [1.29, 1.82) is 5.26 Å². The number of para-hydroxylation sites is 1. The summed E-state index contributed by atoms with van der Waals surface area (Å²) in [6.45, 7) is 0.357. The number of carbonyl (C=O) groups is 1. The van der Waals surface area contributed by atoms with Crippen molar-refractivity contribution >= 4 is 28.6 Å². The maximum atomic E-state index is 12.9. The maximum Gasteiger partial charge on any atom is 0.269 e. The molecule has 0 bridgehead atoms. The van der Waals surface area contributed by atoms with Gasteiger partial charge in [0.05, 0.1) is 29.1 Å². The molecule has 0 atom stereocenters.